The van der Waals surface area contributed by atoms with Crippen LogP contribution in [0.25, 0.3) is 0 Å². The lowest BCUT2D eigenvalue weighted by Crippen LogP contribution is -2.58. The summed E-state index contributed by atoms with van der Waals surface area (Å²) in [6.07, 6.45) is 2.81. The summed E-state index contributed by atoms with van der Waals surface area (Å²) in [7, 11) is 0. The number of rotatable bonds is 6. The van der Waals surface area contributed by atoms with Crippen molar-refractivity contribution < 1.29 is 9.53 Å². The molecule has 1 atom stereocenters. The second-order valence-corrected chi connectivity index (χ2v) is 6.16. The fourth-order valence-corrected chi connectivity index (χ4v) is 2.62. The summed E-state index contributed by atoms with van der Waals surface area (Å²) in [5.41, 5.74) is 5.18. The summed E-state index contributed by atoms with van der Waals surface area (Å²) in [6, 6.07) is 0. The topological polar surface area (TPSA) is 58.8 Å². The molecule has 2 fully saturated rings. The van der Waals surface area contributed by atoms with Crippen molar-refractivity contribution in [1.29, 1.82) is 0 Å². The number of nitrogens with zero attached hydrogens (tertiary/aromatic N) is 2. The first-order valence-corrected chi connectivity index (χ1v) is 7.42. The number of esters is 1. The van der Waals surface area contributed by atoms with E-state index in [-0.39, 0.29) is 5.97 Å². The Morgan fingerprint density at radius 1 is 1.26 bits per heavy atom. The Labute approximate surface area is 116 Å². The maximum atomic E-state index is 11.8. The number of hydrogen-bond acceptors (Lipinski definition) is 5. The Morgan fingerprint density at radius 3 is 2.37 bits per heavy atom. The van der Waals surface area contributed by atoms with Gasteiger partial charge in [-0.1, -0.05) is 0 Å². The summed E-state index contributed by atoms with van der Waals surface area (Å²) in [4.78, 5) is 16.6. The number of nitrogens with two attached hydrogens (primary N) is 1. The highest BCUT2D eigenvalue weighted by atomic mass is 16.5. The van der Waals surface area contributed by atoms with Crippen LogP contribution >= 0.6 is 0 Å². The Bertz CT molecular complexity index is 308. The van der Waals surface area contributed by atoms with Gasteiger partial charge in [-0.2, -0.15) is 0 Å². The second kappa shape index (κ2) is 6.20. The molecule has 0 bridgehead atoms. The average molecular weight is 269 g/mol. The van der Waals surface area contributed by atoms with Gasteiger partial charge in [0.2, 0.25) is 0 Å². The minimum Gasteiger partial charge on any atom is -0.465 e. The number of hydrogen-bond donors (Lipinski definition) is 1. The zero-order valence-electron chi connectivity index (χ0n) is 12.2. The number of carbonyl (C=O) groups is 1. The molecule has 1 heterocycles. The third kappa shape index (κ3) is 4.44. The Hall–Kier alpha value is -0.650. The lowest BCUT2D eigenvalue weighted by Gasteiger charge is -2.37. The molecule has 0 aromatic rings. The monoisotopic (exact) mass is 269 g/mol. The van der Waals surface area contributed by atoms with E-state index >= 15 is 0 Å². The van der Waals surface area contributed by atoms with Crippen LogP contribution in [0.2, 0.25) is 0 Å². The Balaban J connectivity index is 1.72. The minimum atomic E-state index is -0.894. The van der Waals surface area contributed by atoms with Gasteiger partial charge in [-0.25, -0.2) is 0 Å². The Morgan fingerprint density at radius 2 is 1.84 bits per heavy atom. The van der Waals surface area contributed by atoms with Gasteiger partial charge < -0.3 is 15.4 Å². The molecule has 5 nitrogen and oxygen atoms in total. The second-order valence-electron chi connectivity index (χ2n) is 6.16. The smallest absolute Gasteiger partial charge is 0.327 e. The van der Waals surface area contributed by atoms with Gasteiger partial charge in [0.05, 0.1) is 6.61 Å². The van der Waals surface area contributed by atoms with Crippen LogP contribution in [0, 0.1) is 5.92 Å². The maximum absolute atomic E-state index is 11.8. The fourth-order valence-electron chi connectivity index (χ4n) is 2.62. The molecule has 19 heavy (non-hydrogen) atoms. The molecule has 0 aromatic carbocycles. The minimum absolute atomic E-state index is 0.296. The van der Waals surface area contributed by atoms with Crippen molar-refractivity contribution in [2.45, 2.75) is 32.2 Å². The van der Waals surface area contributed by atoms with Crippen LogP contribution in [-0.2, 0) is 9.53 Å². The summed E-state index contributed by atoms with van der Waals surface area (Å²) >= 11 is 0. The Kier molecular flexibility index (Phi) is 4.81. The zero-order valence-corrected chi connectivity index (χ0v) is 12.2. The van der Waals surface area contributed by atoms with Crippen LogP contribution in [0.15, 0.2) is 0 Å². The molecule has 2 rings (SSSR count). The van der Waals surface area contributed by atoms with Crippen LogP contribution in [-0.4, -0.2) is 67.2 Å². The van der Waals surface area contributed by atoms with E-state index in [2.05, 4.69) is 9.80 Å². The average Bonchev–Trinajstić information content (AvgIpc) is 3.16. The predicted molar refractivity (Wildman–Crippen MR) is 74.8 cm³/mol. The summed E-state index contributed by atoms with van der Waals surface area (Å²) in [6.45, 7) is 9.99. The summed E-state index contributed by atoms with van der Waals surface area (Å²) in [5.74, 6) is 0.654. The van der Waals surface area contributed by atoms with Gasteiger partial charge in [0.25, 0.3) is 0 Å². The van der Waals surface area contributed by atoms with Gasteiger partial charge in [-0.3, -0.25) is 9.69 Å². The lowest BCUT2D eigenvalue weighted by atomic mass is 10.0. The predicted octanol–water partition coefficient (Wildman–Crippen LogP) is 0.295. The van der Waals surface area contributed by atoms with E-state index in [1.807, 2.05) is 6.92 Å². The normalized spacial score (nSPS) is 25.0. The molecule has 1 saturated carbocycles. The number of carbonyl (C=O) groups excluding carboxylic acids is 1. The van der Waals surface area contributed by atoms with Gasteiger partial charge in [0, 0.05) is 39.3 Å². The van der Waals surface area contributed by atoms with E-state index in [0.717, 1.165) is 32.1 Å². The van der Waals surface area contributed by atoms with E-state index in [0.29, 0.717) is 13.2 Å². The standard InChI is InChI=1S/C14H27N3O2/c1-3-19-13(18)14(2,15)11-17-8-6-16(7-9-17)10-12-4-5-12/h12H,3-11,15H2,1-2H3. The quantitative estimate of drug-likeness (QED) is 0.703. The van der Waals surface area contributed by atoms with Gasteiger partial charge >= 0.3 is 5.97 Å². The lowest BCUT2D eigenvalue weighted by molar-refractivity contribution is -0.149. The van der Waals surface area contributed by atoms with E-state index < -0.39 is 5.54 Å². The van der Waals surface area contributed by atoms with E-state index in [1.54, 1.807) is 6.92 Å². The first kappa shape index (κ1) is 14.8. The van der Waals surface area contributed by atoms with E-state index in [1.165, 1.54) is 19.4 Å². The molecule has 1 unspecified atom stereocenters. The molecule has 2 aliphatic rings. The fraction of sp³-hybridized carbons (Fsp3) is 0.929. The summed E-state index contributed by atoms with van der Waals surface area (Å²) in [5, 5.41) is 0. The highest BCUT2D eigenvalue weighted by molar-refractivity contribution is 5.80. The maximum Gasteiger partial charge on any atom is 0.327 e. The van der Waals surface area contributed by atoms with Crippen LogP contribution in [0.5, 0.6) is 0 Å². The van der Waals surface area contributed by atoms with Crippen molar-refractivity contribution in [3.8, 4) is 0 Å². The molecule has 0 spiro atoms. The van der Waals surface area contributed by atoms with Crippen LogP contribution < -0.4 is 5.73 Å². The van der Waals surface area contributed by atoms with E-state index in [9.17, 15) is 4.79 Å². The van der Waals surface area contributed by atoms with Crippen molar-refractivity contribution in [2.24, 2.45) is 11.7 Å². The van der Waals surface area contributed by atoms with Gasteiger partial charge in [-0.15, -0.1) is 0 Å². The molecular formula is C14H27N3O2. The van der Waals surface area contributed by atoms with Crippen LogP contribution in [0.1, 0.15) is 26.7 Å². The molecule has 1 aliphatic heterocycles. The SMILES string of the molecule is CCOC(=O)C(C)(N)CN1CCN(CC2CC2)CC1. The molecule has 5 heteroatoms. The highest BCUT2D eigenvalue weighted by Gasteiger charge is 2.34. The van der Waals surface area contributed by atoms with E-state index in [4.69, 9.17) is 10.5 Å². The zero-order chi connectivity index (χ0) is 13.9. The van der Waals surface area contributed by atoms with Gasteiger partial charge in [-0.05, 0) is 32.6 Å². The number of piperazine rings is 1. The third-order valence-corrected chi connectivity index (χ3v) is 3.97. The highest BCUT2D eigenvalue weighted by Crippen LogP contribution is 2.29. The molecule has 2 N–H and O–H groups in total. The van der Waals surface area contributed by atoms with Gasteiger partial charge in [0.15, 0.2) is 0 Å². The summed E-state index contributed by atoms with van der Waals surface area (Å²) < 4.78 is 5.03. The van der Waals surface area contributed by atoms with Crippen LogP contribution in [0.3, 0.4) is 0 Å². The van der Waals surface area contributed by atoms with Crippen molar-refractivity contribution >= 4 is 5.97 Å². The first-order valence-electron chi connectivity index (χ1n) is 7.42. The molecular weight excluding hydrogens is 242 g/mol. The van der Waals surface area contributed by atoms with Crippen molar-refractivity contribution in [3.05, 3.63) is 0 Å². The van der Waals surface area contributed by atoms with Gasteiger partial charge in [0.1, 0.15) is 5.54 Å². The molecule has 0 aromatic heterocycles. The largest absolute Gasteiger partial charge is 0.465 e. The first-order chi connectivity index (χ1) is 9.01. The number of ether oxygens (including phenoxy) is 1. The molecule has 0 amide bonds. The van der Waals surface area contributed by atoms with Crippen molar-refractivity contribution in [2.75, 3.05) is 45.9 Å². The van der Waals surface area contributed by atoms with Crippen molar-refractivity contribution in [1.82, 2.24) is 9.80 Å². The van der Waals surface area contributed by atoms with Crippen LogP contribution in [0.4, 0.5) is 0 Å². The molecule has 1 aliphatic carbocycles. The third-order valence-electron chi connectivity index (χ3n) is 3.97. The molecule has 110 valence electrons. The molecule has 0 radical (unpaired) electrons. The molecule has 1 saturated heterocycles. The van der Waals surface area contributed by atoms with Crippen molar-refractivity contribution in [3.63, 3.8) is 0 Å².